The van der Waals surface area contributed by atoms with Gasteiger partial charge in [0.15, 0.2) is 6.54 Å². The molecular weight excluding hydrogens is 400 g/mol. The lowest BCUT2D eigenvalue weighted by atomic mass is 10.0. The first kappa shape index (κ1) is 16.9. The average molecular weight is 420 g/mol. The van der Waals surface area contributed by atoms with Gasteiger partial charge in [-0.3, -0.25) is 0 Å². The normalized spacial score (nSPS) is 22.9. The van der Waals surface area contributed by atoms with E-state index in [1.54, 1.807) is 7.11 Å². The van der Waals surface area contributed by atoms with Crippen molar-refractivity contribution in [2.24, 2.45) is 0 Å². The van der Waals surface area contributed by atoms with E-state index in [1.807, 2.05) is 48.2 Å². The molecule has 2 heterocycles. The van der Waals surface area contributed by atoms with Gasteiger partial charge in [0.25, 0.3) is 5.72 Å². The molecule has 1 N–H and O–H groups in total. The van der Waals surface area contributed by atoms with Crippen LogP contribution >= 0.6 is 27.7 Å². The van der Waals surface area contributed by atoms with Crippen LogP contribution in [0.3, 0.4) is 0 Å². The van der Waals surface area contributed by atoms with Crippen LogP contribution in [0.5, 0.6) is 5.75 Å². The molecule has 0 unspecified atom stereocenters. The molecule has 4 rings (SSSR count). The number of anilines is 1. The molecule has 130 valence electrons. The minimum Gasteiger partial charge on any atom is -0.497 e. The van der Waals surface area contributed by atoms with Gasteiger partial charge in [-0.15, -0.1) is 0 Å². The Morgan fingerprint density at radius 1 is 1.16 bits per heavy atom. The molecule has 25 heavy (non-hydrogen) atoms. The van der Waals surface area contributed by atoms with Gasteiger partial charge in [-0.2, -0.15) is 0 Å². The summed E-state index contributed by atoms with van der Waals surface area (Å²) < 4.78 is 8.45. The standard InChI is InChI=1S/C19H20BrN2O2S/c1-24-17-9-3-14(4-10-17)19(23)13-21(16-7-5-15(20)6-8-16)18-22(19)11-2-12-25-18/h3-10,23H,2,11-13H2,1H3/q+1/t19-/m0/s1. The third-order valence-corrected chi connectivity index (χ3v) is 6.46. The maximum atomic E-state index is 11.6. The number of halogens is 1. The van der Waals surface area contributed by atoms with Crippen molar-refractivity contribution < 1.29 is 14.4 Å². The fourth-order valence-corrected chi connectivity index (χ4v) is 4.87. The van der Waals surface area contributed by atoms with Gasteiger partial charge in [0.1, 0.15) is 11.4 Å². The van der Waals surface area contributed by atoms with Crippen molar-refractivity contribution >= 4 is 38.5 Å². The first-order chi connectivity index (χ1) is 12.1. The third-order valence-electron chi connectivity index (χ3n) is 4.73. The van der Waals surface area contributed by atoms with Gasteiger partial charge in [0.2, 0.25) is 0 Å². The van der Waals surface area contributed by atoms with Crippen molar-refractivity contribution in [2.45, 2.75) is 12.1 Å². The molecule has 0 saturated heterocycles. The van der Waals surface area contributed by atoms with E-state index in [2.05, 4.69) is 37.5 Å². The van der Waals surface area contributed by atoms with Crippen LogP contribution in [0.15, 0.2) is 53.0 Å². The predicted octanol–water partition coefficient (Wildman–Crippen LogP) is 3.63. The number of rotatable bonds is 3. The molecule has 2 aromatic carbocycles. The lowest BCUT2D eigenvalue weighted by molar-refractivity contribution is -0.656. The maximum Gasteiger partial charge on any atom is 0.316 e. The van der Waals surface area contributed by atoms with Crippen LogP contribution in [0.25, 0.3) is 0 Å². The van der Waals surface area contributed by atoms with E-state index >= 15 is 0 Å². The van der Waals surface area contributed by atoms with E-state index in [-0.39, 0.29) is 0 Å². The van der Waals surface area contributed by atoms with Crippen molar-refractivity contribution in [3.63, 3.8) is 0 Å². The Balaban J connectivity index is 1.76. The number of ether oxygens (including phenoxy) is 1. The molecular formula is C19H20BrN2O2S+. The average Bonchev–Trinajstić information content (AvgIpc) is 2.97. The van der Waals surface area contributed by atoms with Crippen LogP contribution in [-0.4, -0.2) is 40.8 Å². The molecule has 0 saturated carbocycles. The Labute approximate surface area is 160 Å². The highest BCUT2D eigenvalue weighted by atomic mass is 79.9. The van der Waals surface area contributed by atoms with Gasteiger partial charge in [-0.05, 0) is 66.7 Å². The van der Waals surface area contributed by atoms with Crippen molar-refractivity contribution in [2.75, 3.05) is 30.9 Å². The molecule has 6 heteroatoms. The number of amidine groups is 1. The Hall–Kier alpha value is -1.50. The third kappa shape index (κ3) is 2.96. The Morgan fingerprint density at radius 3 is 2.56 bits per heavy atom. The summed E-state index contributed by atoms with van der Waals surface area (Å²) in [6, 6.07) is 16.0. The summed E-state index contributed by atoms with van der Waals surface area (Å²) in [7, 11) is 1.65. The fourth-order valence-electron chi connectivity index (χ4n) is 3.43. The molecule has 0 fully saturated rings. The highest BCUT2D eigenvalue weighted by Crippen LogP contribution is 2.38. The van der Waals surface area contributed by atoms with Gasteiger partial charge in [0, 0.05) is 15.8 Å². The molecule has 0 amide bonds. The second-order valence-electron chi connectivity index (χ2n) is 6.24. The summed E-state index contributed by atoms with van der Waals surface area (Å²) in [5.74, 6) is 1.88. The number of benzene rings is 2. The zero-order valence-electron chi connectivity index (χ0n) is 14.0. The molecule has 2 aromatic rings. The maximum absolute atomic E-state index is 11.6. The number of β-amino-alcohol motifs (C(OH)–C–C–N with tert-alkyl or cyclic N) is 1. The first-order valence-electron chi connectivity index (χ1n) is 8.29. The molecule has 1 atom stereocenters. The Bertz CT molecular complexity index is 807. The van der Waals surface area contributed by atoms with Gasteiger partial charge < -0.3 is 9.84 Å². The van der Waals surface area contributed by atoms with Crippen molar-refractivity contribution in [3.05, 3.63) is 58.6 Å². The molecule has 0 spiro atoms. The van der Waals surface area contributed by atoms with Gasteiger partial charge >= 0.3 is 5.17 Å². The number of hydrogen-bond acceptors (Lipinski definition) is 4. The lowest BCUT2D eigenvalue weighted by Crippen LogP contribution is -2.41. The molecule has 2 aliphatic heterocycles. The van der Waals surface area contributed by atoms with Crippen molar-refractivity contribution in [3.8, 4) is 5.75 Å². The van der Waals surface area contributed by atoms with E-state index in [9.17, 15) is 5.11 Å². The summed E-state index contributed by atoms with van der Waals surface area (Å²) in [4.78, 5) is 2.22. The van der Waals surface area contributed by atoms with Gasteiger partial charge in [0.05, 0.1) is 13.7 Å². The zero-order valence-corrected chi connectivity index (χ0v) is 16.4. The van der Waals surface area contributed by atoms with Crippen LogP contribution in [0, 0.1) is 0 Å². The van der Waals surface area contributed by atoms with E-state index < -0.39 is 5.72 Å². The SMILES string of the molecule is COc1ccc([C@@]2(O)CN(c3ccc(Br)cc3)C3=[N+]2CCCS3)cc1. The highest BCUT2D eigenvalue weighted by molar-refractivity contribution is 9.10. The Kier molecular flexibility index (Phi) is 4.52. The quantitative estimate of drug-likeness (QED) is 0.770. The van der Waals surface area contributed by atoms with E-state index in [0.29, 0.717) is 6.54 Å². The number of nitrogens with zero attached hydrogens (tertiary/aromatic N) is 2. The van der Waals surface area contributed by atoms with E-state index in [1.165, 1.54) is 0 Å². The largest absolute Gasteiger partial charge is 0.497 e. The second-order valence-corrected chi connectivity index (χ2v) is 8.22. The van der Waals surface area contributed by atoms with Crippen LogP contribution in [-0.2, 0) is 5.72 Å². The highest BCUT2D eigenvalue weighted by Gasteiger charge is 2.53. The second kappa shape index (κ2) is 6.67. The van der Waals surface area contributed by atoms with Crippen molar-refractivity contribution in [1.29, 1.82) is 0 Å². The minimum absolute atomic E-state index is 0.517. The molecule has 0 bridgehead atoms. The summed E-state index contributed by atoms with van der Waals surface area (Å²) in [6.07, 6.45) is 1.07. The van der Waals surface area contributed by atoms with Crippen LogP contribution in [0.1, 0.15) is 12.0 Å². The number of thioether (sulfide) groups is 1. The van der Waals surface area contributed by atoms with E-state index in [0.717, 1.165) is 45.4 Å². The van der Waals surface area contributed by atoms with Crippen molar-refractivity contribution in [1.82, 2.24) is 0 Å². The summed E-state index contributed by atoms with van der Waals surface area (Å²) >= 11 is 5.31. The fraction of sp³-hybridized carbons (Fsp3) is 0.316. The van der Waals surface area contributed by atoms with Crippen LogP contribution in [0.2, 0.25) is 0 Å². The first-order valence-corrected chi connectivity index (χ1v) is 10.1. The Morgan fingerprint density at radius 2 is 1.88 bits per heavy atom. The molecule has 2 aliphatic rings. The smallest absolute Gasteiger partial charge is 0.316 e. The summed E-state index contributed by atoms with van der Waals surface area (Å²) in [5.41, 5.74) is 0.970. The van der Waals surface area contributed by atoms with E-state index in [4.69, 9.17) is 4.74 Å². The minimum atomic E-state index is -1.03. The summed E-state index contributed by atoms with van der Waals surface area (Å²) in [6.45, 7) is 1.38. The lowest BCUT2D eigenvalue weighted by Gasteiger charge is -2.24. The molecule has 0 aromatic heterocycles. The predicted molar refractivity (Wildman–Crippen MR) is 106 cm³/mol. The molecule has 0 radical (unpaired) electrons. The number of methoxy groups -OCH3 is 1. The van der Waals surface area contributed by atoms with Crippen LogP contribution in [0.4, 0.5) is 5.69 Å². The van der Waals surface area contributed by atoms with Gasteiger partial charge in [-0.1, -0.05) is 15.9 Å². The summed E-state index contributed by atoms with van der Waals surface area (Å²) in [5, 5.41) is 12.7. The zero-order chi connectivity index (χ0) is 17.4. The van der Waals surface area contributed by atoms with Gasteiger partial charge in [-0.25, -0.2) is 9.48 Å². The van der Waals surface area contributed by atoms with Crippen LogP contribution < -0.4 is 9.64 Å². The number of hydrogen-bond donors (Lipinski definition) is 1. The topological polar surface area (TPSA) is 35.7 Å². The molecule has 0 aliphatic carbocycles. The molecule has 4 nitrogen and oxygen atoms in total. The number of aliphatic hydroxyl groups is 1. The monoisotopic (exact) mass is 419 g/mol.